The molecule has 0 aliphatic rings. The minimum absolute atomic E-state index is 0.0213. The molecule has 7 nitrogen and oxygen atoms in total. The molecule has 2 aromatic rings. The summed E-state index contributed by atoms with van der Waals surface area (Å²) in [6.07, 6.45) is -4.81. The van der Waals surface area contributed by atoms with E-state index in [1.165, 1.54) is 19.1 Å². The highest BCUT2D eigenvalue weighted by atomic mass is 19.4. The molecule has 0 radical (unpaired) electrons. The van der Waals surface area contributed by atoms with E-state index in [-0.39, 0.29) is 24.4 Å². The molecule has 0 saturated heterocycles. The van der Waals surface area contributed by atoms with Gasteiger partial charge in [0.2, 0.25) is 5.91 Å². The van der Waals surface area contributed by atoms with Crippen LogP contribution in [0.5, 0.6) is 0 Å². The summed E-state index contributed by atoms with van der Waals surface area (Å²) in [7, 11) is 0. The van der Waals surface area contributed by atoms with Crippen LogP contribution in [-0.2, 0) is 27.1 Å². The zero-order chi connectivity index (χ0) is 22.1. The Morgan fingerprint density at radius 1 is 0.967 bits per heavy atom. The number of alkyl halides is 3. The van der Waals surface area contributed by atoms with Gasteiger partial charge in [-0.15, -0.1) is 0 Å². The van der Waals surface area contributed by atoms with Crippen molar-refractivity contribution in [2.75, 3.05) is 5.32 Å². The highest BCUT2D eigenvalue weighted by Gasteiger charge is 2.30. The molecule has 0 saturated carbocycles. The monoisotopic (exact) mass is 420 g/mol. The van der Waals surface area contributed by atoms with Gasteiger partial charge >= 0.3 is 18.0 Å². The van der Waals surface area contributed by atoms with Crippen LogP contribution in [0.4, 0.5) is 18.9 Å². The summed E-state index contributed by atoms with van der Waals surface area (Å²) in [6, 6.07) is 13.2. The van der Waals surface area contributed by atoms with Gasteiger partial charge in [-0.2, -0.15) is 18.3 Å². The van der Waals surface area contributed by atoms with Gasteiger partial charge < -0.3 is 10.6 Å². The van der Waals surface area contributed by atoms with E-state index in [4.69, 9.17) is 0 Å². The van der Waals surface area contributed by atoms with Gasteiger partial charge in [0.05, 0.1) is 12.0 Å². The Hall–Kier alpha value is -3.69. The number of hydrazone groups is 1. The molecule has 10 heteroatoms. The molecule has 3 N–H and O–H groups in total. The maximum absolute atomic E-state index is 12.7. The predicted octanol–water partition coefficient (Wildman–Crippen LogP) is 2.84. The molecule has 0 spiro atoms. The maximum atomic E-state index is 12.7. The lowest BCUT2D eigenvalue weighted by atomic mass is 10.2. The molecule has 0 aromatic heterocycles. The number of carbonyl (C=O) groups excluding carboxylic acids is 3. The molecule has 2 aromatic carbocycles. The second-order valence-corrected chi connectivity index (χ2v) is 6.26. The van der Waals surface area contributed by atoms with Crippen molar-refractivity contribution in [1.82, 2.24) is 10.7 Å². The molecule has 0 atom stereocenters. The number of nitrogens with one attached hydrogen (secondary N) is 3. The van der Waals surface area contributed by atoms with Crippen LogP contribution in [0.3, 0.4) is 0 Å². The second kappa shape index (κ2) is 10.2. The average molecular weight is 420 g/mol. The van der Waals surface area contributed by atoms with Crippen LogP contribution in [0.1, 0.15) is 24.5 Å². The number of anilines is 1. The zero-order valence-corrected chi connectivity index (χ0v) is 15.9. The molecular weight excluding hydrogens is 401 g/mol. The molecule has 0 unspecified atom stereocenters. The lowest BCUT2D eigenvalue weighted by Crippen LogP contribution is -2.37. The number of carbonyl (C=O) groups is 3. The van der Waals surface area contributed by atoms with E-state index in [0.717, 1.165) is 17.7 Å². The normalized spacial score (nSPS) is 11.5. The lowest BCUT2D eigenvalue weighted by molar-refractivity contribution is -0.139. The number of rotatable bonds is 6. The van der Waals surface area contributed by atoms with Crippen LogP contribution in [0, 0.1) is 0 Å². The fourth-order valence-electron chi connectivity index (χ4n) is 2.31. The summed E-state index contributed by atoms with van der Waals surface area (Å²) in [5, 5.41) is 8.40. The Morgan fingerprint density at radius 2 is 1.67 bits per heavy atom. The first-order valence-corrected chi connectivity index (χ1v) is 8.77. The van der Waals surface area contributed by atoms with Crippen LogP contribution in [0.2, 0.25) is 0 Å². The minimum atomic E-state index is -4.52. The van der Waals surface area contributed by atoms with Gasteiger partial charge in [-0.1, -0.05) is 36.4 Å². The summed E-state index contributed by atoms with van der Waals surface area (Å²) in [5.41, 5.74) is 2.08. The Bertz CT molecular complexity index is 944. The van der Waals surface area contributed by atoms with E-state index in [1.807, 2.05) is 11.5 Å². The van der Waals surface area contributed by atoms with Gasteiger partial charge in [-0.25, -0.2) is 5.43 Å². The standard InChI is InChI=1S/C20H19F3N4O3/c1-13(10-17(28)25-16-9-5-8-15(11-16)20(21,22)23)26-27-19(30)18(29)24-12-14-6-3-2-4-7-14/h2-9,11H,10,12H2,1H3,(H,24,29)(H,25,28)(H,27,30)/b26-13+. The fourth-order valence-corrected chi connectivity index (χ4v) is 2.31. The molecule has 158 valence electrons. The number of halogens is 3. The van der Waals surface area contributed by atoms with Crippen molar-refractivity contribution in [1.29, 1.82) is 0 Å². The lowest BCUT2D eigenvalue weighted by Gasteiger charge is -2.10. The fraction of sp³-hybridized carbons (Fsp3) is 0.200. The van der Waals surface area contributed by atoms with Gasteiger partial charge in [-0.05, 0) is 30.7 Å². The predicted molar refractivity (Wildman–Crippen MR) is 104 cm³/mol. The molecule has 0 aliphatic heterocycles. The van der Waals surface area contributed by atoms with E-state index in [2.05, 4.69) is 15.7 Å². The number of hydrogen-bond donors (Lipinski definition) is 3. The van der Waals surface area contributed by atoms with E-state index < -0.39 is 29.5 Å². The summed E-state index contributed by atoms with van der Waals surface area (Å²) in [6.45, 7) is 1.59. The Balaban J connectivity index is 1.82. The van der Waals surface area contributed by atoms with Crippen molar-refractivity contribution in [3.05, 3.63) is 65.7 Å². The van der Waals surface area contributed by atoms with Crippen molar-refractivity contribution < 1.29 is 27.6 Å². The van der Waals surface area contributed by atoms with Crippen molar-refractivity contribution in [2.24, 2.45) is 5.10 Å². The summed E-state index contributed by atoms with van der Waals surface area (Å²) >= 11 is 0. The minimum Gasteiger partial charge on any atom is -0.344 e. The molecule has 0 bridgehead atoms. The Kier molecular flexibility index (Phi) is 7.68. The Labute approximate surface area is 170 Å². The van der Waals surface area contributed by atoms with Gasteiger partial charge in [0, 0.05) is 17.9 Å². The van der Waals surface area contributed by atoms with E-state index >= 15 is 0 Å². The molecular formula is C20H19F3N4O3. The second-order valence-electron chi connectivity index (χ2n) is 6.26. The number of nitrogens with zero attached hydrogens (tertiary/aromatic N) is 1. The quantitative estimate of drug-likeness (QED) is 0.381. The first-order chi connectivity index (χ1) is 14.1. The Morgan fingerprint density at radius 3 is 2.33 bits per heavy atom. The van der Waals surface area contributed by atoms with Crippen molar-refractivity contribution in [3.8, 4) is 0 Å². The highest BCUT2D eigenvalue weighted by molar-refractivity contribution is 6.35. The topological polar surface area (TPSA) is 99.7 Å². The smallest absolute Gasteiger partial charge is 0.344 e. The van der Waals surface area contributed by atoms with Gasteiger partial charge in [0.25, 0.3) is 0 Å². The van der Waals surface area contributed by atoms with Crippen LogP contribution < -0.4 is 16.1 Å². The molecule has 2 rings (SSSR count). The van der Waals surface area contributed by atoms with Crippen molar-refractivity contribution >= 4 is 29.1 Å². The van der Waals surface area contributed by atoms with Crippen LogP contribution in [0.15, 0.2) is 59.7 Å². The third kappa shape index (κ3) is 7.38. The SMILES string of the molecule is C/C(CC(=O)Nc1cccc(C(F)(F)F)c1)=N\NC(=O)C(=O)NCc1ccccc1. The van der Waals surface area contributed by atoms with Gasteiger partial charge in [0.1, 0.15) is 0 Å². The van der Waals surface area contributed by atoms with Gasteiger partial charge in [0.15, 0.2) is 0 Å². The number of hydrogen-bond acceptors (Lipinski definition) is 4. The van der Waals surface area contributed by atoms with Crippen LogP contribution in [0.25, 0.3) is 0 Å². The molecule has 0 fully saturated rings. The molecule has 0 aliphatic carbocycles. The third-order valence-electron chi connectivity index (χ3n) is 3.74. The number of amides is 3. The van der Waals surface area contributed by atoms with Gasteiger partial charge in [-0.3, -0.25) is 14.4 Å². The third-order valence-corrected chi connectivity index (χ3v) is 3.74. The average Bonchev–Trinajstić information content (AvgIpc) is 2.70. The first kappa shape index (κ1) is 22.6. The van der Waals surface area contributed by atoms with Crippen LogP contribution in [-0.4, -0.2) is 23.4 Å². The van der Waals surface area contributed by atoms with E-state index in [1.54, 1.807) is 24.3 Å². The van der Waals surface area contributed by atoms with Crippen LogP contribution >= 0.6 is 0 Å². The van der Waals surface area contributed by atoms with Crippen molar-refractivity contribution in [3.63, 3.8) is 0 Å². The number of benzene rings is 2. The van der Waals surface area contributed by atoms with E-state index in [9.17, 15) is 27.6 Å². The highest BCUT2D eigenvalue weighted by Crippen LogP contribution is 2.30. The maximum Gasteiger partial charge on any atom is 0.416 e. The van der Waals surface area contributed by atoms with E-state index in [0.29, 0.717) is 0 Å². The summed E-state index contributed by atoms with van der Waals surface area (Å²) in [5.74, 6) is -2.54. The molecule has 0 heterocycles. The molecule has 3 amide bonds. The van der Waals surface area contributed by atoms with Crippen molar-refractivity contribution in [2.45, 2.75) is 26.1 Å². The molecule has 30 heavy (non-hydrogen) atoms. The largest absolute Gasteiger partial charge is 0.416 e. The summed E-state index contributed by atoms with van der Waals surface area (Å²) in [4.78, 5) is 35.4. The zero-order valence-electron chi connectivity index (χ0n) is 15.9. The summed E-state index contributed by atoms with van der Waals surface area (Å²) < 4.78 is 38.1. The first-order valence-electron chi connectivity index (χ1n) is 8.77.